The minimum Gasteiger partial charge on any atom is -0.444 e. The molecule has 0 atom stereocenters. The summed E-state index contributed by atoms with van der Waals surface area (Å²) in [6.07, 6.45) is 1.48. The average Bonchev–Trinajstić information content (AvgIpc) is 2.17. The Balaban J connectivity index is 2.25. The van der Waals surface area contributed by atoms with Crippen molar-refractivity contribution in [2.75, 3.05) is 0 Å². The van der Waals surface area contributed by atoms with E-state index in [-0.39, 0.29) is 6.04 Å². The zero-order chi connectivity index (χ0) is 13.8. The summed E-state index contributed by atoms with van der Waals surface area (Å²) in [6, 6.07) is -0.0163. The minimum atomic E-state index is -2.72. The van der Waals surface area contributed by atoms with Crippen LogP contribution in [0.1, 0.15) is 46.5 Å². The molecule has 106 valence electrons. The number of alkyl carbamates (subject to hydrolysis) is 1. The van der Waals surface area contributed by atoms with Gasteiger partial charge in [0.2, 0.25) is 0 Å². The number of halogens is 2. The molecular formula is C12H21F2NO3. The quantitative estimate of drug-likeness (QED) is 0.853. The molecule has 0 unspecified atom stereocenters. The van der Waals surface area contributed by atoms with Crippen LogP contribution >= 0.6 is 0 Å². The molecule has 6 heteroatoms. The van der Waals surface area contributed by atoms with Crippen LogP contribution in [0.4, 0.5) is 13.6 Å². The molecular weight excluding hydrogens is 244 g/mol. The highest BCUT2D eigenvalue weighted by Gasteiger charge is 2.26. The second kappa shape index (κ2) is 6.31. The maximum atomic E-state index is 12.0. The maximum absolute atomic E-state index is 12.0. The fraction of sp³-hybridized carbons (Fsp3) is 0.917. The molecule has 1 saturated carbocycles. The SMILES string of the molecule is CC(C)(C)OC(=O)NC1CCC(OC(F)F)CC1. The van der Waals surface area contributed by atoms with Crippen molar-refractivity contribution >= 4 is 6.09 Å². The highest BCUT2D eigenvalue weighted by Crippen LogP contribution is 2.23. The molecule has 0 spiro atoms. The molecule has 1 amide bonds. The van der Waals surface area contributed by atoms with E-state index in [1.807, 2.05) is 0 Å². The van der Waals surface area contributed by atoms with E-state index in [4.69, 9.17) is 4.74 Å². The van der Waals surface area contributed by atoms with E-state index >= 15 is 0 Å². The lowest BCUT2D eigenvalue weighted by atomic mass is 9.93. The van der Waals surface area contributed by atoms with Gasteiger partial charge in [-0.15, -0.1) is 0 Å². The molecule has 1 rings (SSSR count). The van der Waals surface area contributed by atoms with E-state index in [1.54, 1.807) is 20.8 Å². The van der Waals surface area contributed by atoms with E-state index in [0.29, 0.717) is 25.7 Å². The van der Waals surface area contributed by atoms with Crippen molar-refractivity contribution in [3.8, 4) is 0 Å². The molecule has 0 radical (unpaired) electrons. The molecule has 0 aromatic carbocycles. The van der Waals surface area contributed by atoms with E-state index < -0.39 is 24.4 Å². The van der Waals surface area contributed by atoms with E-state index in [1.165, 1.54) is 0 Å². The largest absolute Gasteiger partial charge is 0.444 e. The first kappa shape index (κ1) is 15.1. The van der Waals surface area contributed by atoms with Gasteiger partial charge in [0, 0.05) is 6.04 Å². The number of hydrogen-bond acceptors (Lipinski definition) is 3. The normalized spacial score (nSPS) is 25.0. The number of hydrogen-bond donors (Lipinski definition) is 1. The zero-order valence-electron chi connectivity index (χ0n) is 11.0. The van der Waals surface area contributed by atoms with Crippen LogP contribution in [0.25, 0.3) is 0 Å². The molecule has 1 aliphatic carbocycles. The van der Waals surface area contributed by atoms with Crippen LogP contribution in [0.3, 0.4) is 0 Å². The summed E-state index contributed by atoms with van der Waals surface area (Å²) in [7, 11) is 0. The highest BCUT2D eigenvalue weighted by atomic mass is 19.3. The van der Waals surface area contributed by atoms with Crippen molar-refractivity contribution in [3.63, 3.8) is 0 Å². The molecule has 1 aliphatic rings. The first-order valence-corrected chi connectivity index (χ1v) is 6.19. The van der Waals surface area contributed by atoms with E-state index in [0.717, 1.165) is 0 Å². The Kier molecular flexibility index (Phi) is 5.31. The van der Waals surface area contributed by atoms with Crippen LogP contribution in [0, 0.1) is 0 Å². The molecule has 0 bridgehead atoms. The van der Waals surface area contributed by atoms with Gasteiger partial charge in [0.1, 0.15) is 5.60 Å². The monoisotopic (exact) mass is 265 g/mol. The van der Waals surface area contributed by atoms with Crippen molar-refractivity contribution in [2.24, 2.45) is 0 Å². The van der Waals surface area contributed by atoms with E-state index in [2.05, 4.69) is 10.1 Å². The number of carbonyl (C=O) groups excluding carboxylic acids is 1. The van der Waals surface area contributed by atoms with Crippen molar-refractivity contribution < 1.29 is 23.0 Å². The molecule has 0 heterocycles. The molecule has 18 heavy (non-hydrogen) atoms. The third-order valence-electron chi connectivity index (χ3n) is 2.69. The van der Waals surface area contributed by atoms with Crippen LogP contribution < -0.4 is 5.32 Å². The van der Waals surface area contributed by atoms with Gasteiger partial charge in [-0.25, -0.2) is 4.79 Å². The van der Waals surface area contributed by atoms with E-state index in [9.17, 15) is 13.6 Å². The zero-order valence-corrected chi connectivity index (χ0v) is 11.0. The Bertz CT molecular complexity index is 271. The van der Waals surface area contributed by atoms with Crippen LogP contribution in [0.15, 0.2) is 0 Å². The number of nitrogens with one attached hydrogen (secondary N) is 1. The third kappa shape index (κ3) is 6.14. The highest BCUT2D eigenvalue weighted by molar-refractivity contribution is 5.68. The third-order valence-corrected chi connectivity index (χ3v) is 2.69. The van der Waals surface area contributed by atoms with Crippen molar-refractivity contribution in [2.45, 2.75) is 70.8 Å². The van der Waals surface area contributed by atoms with Gasteiger partial charge in [0.05, 0.1) is 6.10 Å². The van der Waals surface area contributed by atoms with Crippen molar-refractivity contribution in [3.05, 3.63) is 0 Å². The Morgan fingerprint density at radius 3 is 2.22 bits per heavy atom. The van der Waals surface area contributed by atoms with Gasteiger partial charge < -0.3 is 14.8 Å². The molecule has 0 saturated heterocycles. The summed E-state index contributed by atoms with van der Waals surface area (Å²) in [5.41, 5.74) is -0.528. The summed E-state index contributed by atoms with van der Waals surface area (Å²) in [6.45, 7) is 2.66. The van der Waals surface area contributed by atoms with Crippen LogP contribution in [0.5, 0.6) is 0 Å². The summed E-state index contributed by atoms with van der Waals surface area (Å²) in [5.74, 6) is 0. The number of rotatable bonds is 3. The Morgan fingerprint density at radius 1 is 1.22 bits per heavy atom. The first-order valence-electron chi connectivity index (χ1n) is 6.19. The number of carbonyl (C=O) groups is 1. The minimum absolute atomic E-state index is 0.0163. The standard InChI is InChI=1S/C12H21F2NO3/c1-12(2,3)18-11(16)15-8-4-6-9(7-5-8)17-10(13)14/h8-10H,4-7H2,1-3H3,(H,15,16). The molecule has 1 N–H and O–H groups in total. The van der Waals surface area contributed by atoms with Gasteiger partial charge in [-0.3, -0.25) is 0 Å². The smallest absolute Gasteiger partial charge is 0.407 e. The maximum Gasteiger partial charge on any atom is 0.407 e. The van der Waals surface area contributed by atoms with Gasteiger partial charge in [0.15, 0.2) is 0 Å². The molecule has 0 aliphatic heterocycles. The topological polar surface area (TPSA) is 47.6 Å². The fourth-order valence-corrected chi connectivity index (χ4v) is 1.96. The summed E-state index contributed by atoms with van der Waals surface area (Å²) < 4.78 is 33.6. The predicted octanol–water partition coefficient (Wildman–Crippen LogP) is 3.06. The molecule has 0 aromatic rings. The second-order valence-electron chi connectivity index (χ2n) is 5.52. The van der Waals surface area contributed by atoms with Crippen LogP contribution in [-0.4, -0.2) is 30.5 Å². The van der Waals surface area contributed by atoms with Crippen molar-refractivity contribution in [1.29, 1.82) is 0 Å². The number of amides is 1. The predicted molar refractivity (Wildman–Crippen MR) is 62.5 cm³/mol. The Labute approximate surface area is 106 Å². The van der Waals surface area contributed by atoms with Gasteiger partial charge in [-0.2, -0.15) is 8.78 Å². The van der Waals surface area contributed by atoms with Gasteiger partial charge in [-0.05, 0) is 46.5 Å². The summed E-state index contributed by atoms with van der Waals surface area (Å²) >= 11 is 0. The van der Waals surface area contributed by atoms with Crippen LogP contribution in [-0.2, 0) is 9.47 Å². The molecule has 0 aromatic heterocycles. The van der Waals surface area contributed by atoms with Crippen molar-refractivity contribution in [1.82, 2.24) is 5.32 Å². The van der Waals surface area contributed by atoms with Gasteiger partial charge in [0.25, 0.3) is 0 Å². The summed E-state index contributed by atoms with van der Waals surface area (Å²) in [5, 5.41) is 2.75. The molecule has 1 fully saturated rings. The second-order valence-corrected chi connectivity index (χ2v) is 5.52. The Hall–Kier alpha value is -0.910. The number of ether oxygens (including phenoxy) is 2. The average molecular weight is 265 g/mol. The lowest BCUT2D eigenvalue weighted by Crippen LogP contribution is -2.42. The summed E-state index contributed by atoms with van der Waals surface area (Å²) in [4.78, 5) is 11.5. The van der Waals surface area contributed by atoms with Crippen LogP contribution in [0.2, 0.25) is 0 Å². The van der Waals surface area contributed by atoms with Gasteiger partial charge in [-0.1, -0.05) is 0 Å². The lowest BCUT2D eigenvalue weighted by molar-refractivity contribution is -0.170. The van der Waals surface area contributed by atoms with Gasteiger partial charge >= 0.3 is 12.7 Å². The molecule has 4 nitrogen and oxygen atoms in total. The number of alkyl halides is 2. The first-order chi connectivity index (χ1) is 8.26. The fourth-order valence-electron chi connectivity index (χ4n) is 1.96. The Morgan fingerprint density at radius 2 is 1.78 bits per heavy atom. The lowest BCUT2D eigenvalue weighted by Gasteiger charge is -2.29.